The van der Waals surface area contributed by atoms with E-state index in [1.807, 2.05) is 0 Å². The molecule has 1 aliphatic heterocycles. The van der Waals surface area contributed by atoms with Gasteiger partial charge in [0, 0.05) is 13.0 Å². The summed E-state index contributed by atoms with van der Waals surface area (Å²) < 4.78 is 4.87. The Balaban J connectivity index is 1.79. The van der Waals surface area contributed by atoms with E-state index in [-0.39, 0.29) is 24.3 Å². The molecule has 1 unspecified atom stereocenters. The summed E-state index contributed by atoms with van der Waals surface area (Å²) in [6.07, 6.45) is 0.984. The van der Waals surface area contributed by atoms with Gasteiger partial charge in [-0.25, -0.2) is 0 Å². The first-order valence-electron chi connectivity index (χ1n) is 5.49. The van der Waals surface area contributed by atoms with Crippen molar-refractivity contribution in [1.29, 1.82) is 0 Å². The molecule has 92 valence electrons. The third kappa shape index (κ3) is 3.02. The van der Waals surface area contributed by atoms with E-state index in [2.05, 4.69) is 20.8 Å². The molecule has 0 radical (unpaired) electrons. The normalized spacial score (nSPS) is 19.8. The summed E-state index contributed by atoms with van der Waals surface area (Å²) in [4.78, 5) is 26.6. The summed E-state index contributed by atoms with van der Waals surface area (Å²) in [5, 5.41) is 9.00. The third-order valence-corrected chi connectivity index (χ3v) is 2.62. The van der Waals surface area contributed by atoms with E-state index < -0.39 is 0 Å². The second-order valence-electron chi connectivity index (χ2n) is 3.99. The van der Waals surface area contributed by atoms with Crippen molar-refractivity contribution >= 4 is 11.8 Å². The molecule has 7 heteroatoms. The molecule has 1 aromatic rings. The van der Waals surface area contributed by atoms with Crippen LogP contribution in [-0.2, 0) is 16.1 Å². The minimum absolute atomic E-state index is 0.00146. The van der Waals surface area contributed by atoms with Crippen LogP contribution in [0.3, 0.4) is 0 Å². The van der Waals surface area contributed by atoms with Crippen LogP contribution in [-0.4, -0.2) is 28.5 Å². The maximum atomic E-state index is 11.7. The van der Waals surface area contributed by atoms with Crippen molar-refractivity contribution in [2.24, 2.45) is 5.92 Å². The number of hydrogen-bond acceptors (Lipinski definition) is 5. The van der Waals surface area contributed by atoms with Gasteiger partial charge >= 0.3 is 0 Å². The van der Waals surface area contributed by atoms with Gasteiger partial charge in [0.1, 0.15) is 0 Å². The second-order valence-corrected chi connectivity index (χ2v) is 3.99. The van der Waals surface area contributed by atoms with Crippen LogP contribution in [0.25, 0.3) is 0 Å². The van der Waals surface area contributed by atoms with Crippen LogP contribution in [0, 0.1) is 12.8 Å². The van der Waals surface area contributed by atoms with Crippen molar-refractivity contribution in [1.82, 2.24) is 20.8 Å². The molecule has 0 aliphatic carbocycles. The van der Waals surface area contributed by atoms with Gasteiger partial charge in [-0.05, 0) is 13.3 Å². The van der Waals surface area contributed by atoms with E-state index in [0.29, 0.717) is 31.1 Å². The summed E-state index contributed by atoms with van der Waals surface area (Å²) >= 11 is 0. The number of rotatable bonds is 3. The largest absolute Gasteiger partial charge is 0.355 e. The van der Waals surface area contributed by atoms with Crippen molar-refractivity contribution in [3.63, 3.8) is 0 Å². The topological polar surface area (TPSA) is 97.1 Å². The van der Waals surface area contributed by atoms with Gasteiger partial charge in [0.15, 0.2) is 5.82 Å². The predicted molar refractivity (Wildman–Crippen MR) is 56.6 cm³/mol. The van der Waals surface area contributed by atoms with Gasteiger partial charge in [0.25, 0.3) is 0 Å². The first-order chi connectivity index (χ1) is 8.15. The Kier molecular flexibility index (Phi) is 3.36. The molecule has 2 rings (SSSR count). The predicted octanol–water partition coefficient (Wildman–Crippen LogP) is -0.480. The average molecular weight is 238 g/mol. The highest BCUT2D eigenvalue weighted by molar-refractivity contribution is 5.83. The highest BCUT2D eigenvalue weighted by Gasteiger charge is 2.24. The van der Waals surface area contributed by atoms with Gasteiger partial charge < -0.3 is 15.2 Å². The number of hydrogen-bond donors (Lipinski definition) is 2. The summed E-state index contributed by atoms with van der Waals surface area (Å²) in [6.45, 7) is 2.34. The standard InChI is InChI=1S/C10H14N4O3/c1-6-13-9(17-14-6)5-12-10(16)7-2-3-8(15)11-4-7/h7H,2-5H2,1H3,(H,11,15)(H,12,16). The monoisotopic (exact) mass is 238 g/mol. The van der Waals surface area contributed by atoms with Crippen LogP contribution in [0.5, 0.6) is 0 Å². The molecule has 0 aromatic carbocycles. The molecule has 1 fully saturated rings. The summed E-state index contributed by atoms with van der Waals surface area (Å²) in [5.74, 6) is 0.661. The van der Waals surface area contributed by atoms with Crippen molar-refractivity contribution < 1.29 is 14.1 Å². The molecule has 0 bridgehead atoms. The molecule has 1 saturated heterocycles. The Bertz CT molecular complexity index is 419. The maximum absolute atomic E-state index is 11.7. The van der Waals surface area contributed by atoms with Crippen molar-refractivity contribution in [3.8, 4) is 0 Å². The Hall–Kier alpha value is -1.92. The fraction of sp³-hybridized carbons (Fsp3) is 0.600. The molecule has 0 saturated carbocycles. The minimum atomic E-state index is -0.170. The number of amides is 2. The fourth-order valence-corrected chi connectivity index (χ4v) is 1.68. The number of aryl methyl sites for hydroxylation is 1. The number of nitrogens with one attached hydrogen (secondary N) is 2. The molecule has 1 aromatic heterocycles. The Morgan fingerprint density at radius 2 is 2.47 bits per heavy atom. The molecule has 2 heterocycles. The quantitative estimate of drug-likeness (QED) is 0.741. The number of carbonyl (C=O) groups excluding carboxylic acids is 2. The summed E-state index contributed by atoms with van der Waals surface area (Å²) in [6, 6.07) is 0. The zero-order chi connectivity index (χ0) is 12.3. The first kappa shape index (κ1) is 11.6. The lowest BCUT2D eigenvalue weighted by Gasteiger charge is -2.21. The molecule has 17 heavy (non-hydrogen) atoms. The Morgan fingerprint density at radius 1 is 1.65 bits per heavy atom. The zero-order valence-corrected chi connectivity index (χ0v) is 9.52. The second kappa shape index (κ2) is 4.94. The Morgan fingerprint density at radius 3 is 3.06 bits per heavy atom. The Labute approximate surface area is 98.0 Å². The summed E-state index contributed by atoms with van der Waals surface area (Å²) in [7, 11) is 0. The number of aromatic nitrogens is 2. The van der Waals surface area contributed by atoms with Gasteiger partial charge in [-0.1, -0.05) is 5.16 Å². The smallest absolute Gasteiger partial charge is 0.246 e. The molecule has 7 nitrogen and oxygen atoms in total. The number of piperidine rings is 1. The lowest BCUT2D eigenvalue weighted by molar-refractivity contribution is -0.129. The van der Waals surface area contributed by atoms with Crippen molar-refractivity contribution in [2.75, 3.05) is 6.54 Å². The SMILES string of the molecule is Cc1noc(CNC(=O)C2CCC(=O)NC2)n1. The molecule has 1 atom stereocenters. The first-order valence-corrected chi connectivity index (χ1v) is 5.49. The molecule has 2 N–H and O–H groups in total. The van der Waals surface area contributed by atoms with E-state index in [1.165, 1.54) is 0 Å². The summed E-state index contributed by atoms with van der Waals surface area (Å²) in [5.41, 5.74) is 0. The lowest BCUT2D eigenvalue weighted by Crippen LogP contribution is -2.42. The minimum Gasteiger partial charge on any atom is -0.355 e. The van der Waals surface area contributed by atoms with Gasteiger partial charge in [-0.2, -0.15) is 4.98 Å². The van der Waals surface area contributed by atoms with Crippen LogP contribution in [0.1, 0.15) is 24.6 Å². The van der Waals surface area contributed by atoms with Crippen LogP contribution >= 0.6 is 0 Å². The van der Waals surface area contributed by atoms with E-state index in [1.54, 1.807) is 6.92 Å². The number of nitrogens with zero attached hydrogens (tertiary/aromatic N) is 2. The van der Waals surface area contributed by atoms with Crippen LogP contribution in [0.4, 0.5) is 0 Å². The zero-order valence-electron chi connectivity index (χ0n) is 9.52. The van der Waals surface area contributed by atoms with Crippen molar-refractivity contribution in [3.05, 3.63) is 11.7 Å². The van der Waals surface area contributed by atoms with Gasteiger partial charge in [0.2, 0.25) is 17.7 Å². The fourth-order valence-electron chi connectivity index (χ4n) is 1.68. The third-order valence-electron chi connectivity index (χ3n) is 2.62. The van der Waals surface area contributed by atoms with E-state index in [9.17, 15) is 9.59 Å². The van der Waals surface area contributed by atoms with E-state index in [0.717, 1.165) is 0 Å². The van der Waals surface area contributed by atoms with Gasteiger partial charge in [-0.15, -0.1) is 0 Å². The van der Waals surface area contributed by atoms with Gasteiger partial charge in [-0.3, -0.25) is 9.59 Å². The van der Waals surface area contributed by atoms with Crippen molar-refractivity contribution in [2.45, 2.75) is 26.3 Å². The molecule has 1 aliphatic rings. The van der Waals surface area contributed by atoms with Crippen LogP contribution in [0.2, 0.25) is 0 Å². The average Bonchev–Trinajstić information content (AvgIpc) is 2.73. The molecule has 2 amide bonds. The molecule has 0 spiro atoms. The van der Waals surface area contributed by atoms with Crippen LogP contribution < -0.4 is 10.6 Å². The molecular formula is C10H14N4O3. The van der Waals surface area contributed by atoms with E-state index >= 15 is 0 Å². The highest BCUT2D eigenvalue weighted by Crippen LogP contribution is 2.10. The van der Waals surface area contributed by atoms with E-state index in [4.69, 9.17) is 4.52 Å². The number of carbonyl (C=O) groups is 2. The van der Waals surface area contributed by atoms with Gasteiger partial charge in [0.05, 0.1) is 12.5 Å². The maximum Gasteiger partial charge on any atom is 0.246 e. The molecular weight excluding hydrogens is 224 g/mol. The highest BCUT2D eigenvalue weighted by atomic mass is 16.5. The van der Waals surface area contributed by atoms with Crippen LogP contribution in [0.15, 0.2) is 4.52 Å². The lowest BCUT2D eigenvalue weighted by atomic mass is 9.98.